The molecule has 3 nitrogen and oxygen atoms in total. The zero-order chi connectivity index (χ0) is 11.4. The lowest BCUT2D eigenvalue weighted by Crippen LogP contribution is -2.32. The van der Waals surface area contributed by atoms with Gasteiger partial charge in [0.25, 0.3) is 5.91 Å². The average Bonchev–Trinajstić information content (AvgIpc) is 2.74. The first-order valence-corrected chi connectivity index (χ1v) is 6.98. The Morgan fingerprint density at radius 3 is 3.12 bits per heavy atom. The van der Waals surface area contributed by atoms with Crippen molar-refractivity contribution in [3.63, 3.8) is 0 Å². The van der Waals surface area contributed by atoms with Gasteiger partial charge in [-0.2, -0.15) is 0 Å². The first kappa shape index (κ1) is 12.1. The van der Waals surface area contributed by atoms with E-state index in [4.69, 9.17) is 4.74 Å². The van der Waals surface area contributed by atoms with E-state index in [-0.39, 0.29) is 5.91 Å². The summed E-state index contributed by atoms with van der Waals surface area (Å²) in [6.45, 7) is 2.35. The molecule has 1 aromatic heterocycles. The van der Waals surface area contributed by atoms with Crippen LogP contribution in [0.3, 0.4) is 0 Å². The minimum absolute atomic E-state index is 0.0151. The van der Waals surface area contributed by atoms with Crippen LogP contribution in [0.25, 0.3) is 0 Å². The minimum Gasteiger partial charge on any atom is -0.381 e. The molecule has 0 radical (unpaired) electrons. The average molecular weight is 304 g/mol. The van der Waals surface area contributed by atoms with Gasteiger partial charge in [0.2, 0.25) is 0 Å². The number of carbonyl (C=O) groups excluding carboxylic acids is 1. The molecule has 1 fully saturated rings. The molecule has 88 valence electrons. The van der Waals surface area contributed by atoms with Gasteiger partial charge in [-0.15, -0.1) is 11.3 Å². The maximum absolute atomic E-state index is 11.7. The number of halogens is 1. The van der Waals surface area contributed by atoms with Crippen LogP contribution in [0.1, 0.15) is 22.5 Å². The Balaban J connectivity index is 1.79. The highest BCUT2D eigenvalue weighted by atomic mass is 79.9. The molecule has 0 spiro atoms. The van der Waals surface area contributed by atoms with Crippen LogP contribution in [-0.2, 0) is 4.74 Å². The molecule has 1 N–H and O–H groups in total. The Labute approximate surface area is 107 Å². The van der Waals surface area contributed by atoms with Crippen molar-refractivity contribution in [2.75, 3.05) is 19.8 Å². The predicted octanol–water partition coefficient (Wildman–Crippen LogP) is 2.67. The predicted molar refractivity (Wildman–Crippen MR) is 67.9 cm³/mol. The van der Waals surface area contributed by atoms with Crippen molar-refractivity contribution in [2.45, 2.75) is 12.8 Å². The molecule has 1 aliphatic heterocycles. The lowest BCUT2D eigenvalue weighted by molar-refractivity contribution is 0.0536. The molecule has 2 heterocycles. The largest absolute Gasteiger partial charge is 0.381 e. The van der Waals surface area contributed by atoms with Gasteiger partial charge in [-0.25, -0.2) is 0 Å². The molecule has 0 aliphatic carbocycles. The van der Waals surface area contributed by atoms with Crippen LogP contribution < -0.4 is 5.32 Å². The lowest BCUT2D eigenvalue weighted by Gasteiger charge is -2.21. The smallest absolute Gasteiger partial charge is 0.261 e. The fraction of sp³-hybridized carbons (Fsp3) is 0.545. The standard InChI is InChI=1S/C11H14BrNO2S/c12-10-4-3-9(16-10)11(14)13-6-8-2-1-5-15-7-8/h3-4,8H,1-2,5-7H2,(H,13,14). The lowest BCUT2D eigenvalue weighted by atomic mass is 10.0. The van der Waals surface area contributed by atoms with Crippen LogP contribution in [0, 0.1) is 5.92 Å². The molecule has 5 heteroatoms. The van der Waals surface area contributed by atoms with Gasteiger partial charge in [0, 0.05) is 13.2 Å². The van der Waals surface area contributed by atoms with Gasteiger partial charge in [0.05, 0.1) is 15.3 Å². The molecule has 1 unspecified atom stereocenters. The van der Waals surface area contributed by atoms with E-state index in [0.717, 1.165) is 34.7 Å². The van der Waals surface area contributed by atoms with Crippen LogP contribution in [0.4, 0.5) is 0 Å². The van der Waals surface area contributed by atoms with E-state index in [1.165, 1.54) is 11.3 Å². The molecule has 16 heavy (non-hydrogen) atoms. The highest BCUT2D eigenvalue weighted by molar-refractivity contribution is 9.11. The van der Waals surface area contributed by atoms with Crippen molar-refractivity contribution >= 4 is 33.2 Å². The second-order valence-corrected chi connectivity index (χ2v) is 6.36. The monoisotopic (exact) mass is 303 g/mol. The first-order valence-electron chi connectivity index (χ1n) is 5.37. The molecule has 1 atom stereocenters. The Bertz CT molecular complexity index is 361. The number of ether oxygens (including phenoxy) is 1. The van der Waals surface area contributed by atoms with Crippen molar-refractivity contribution in [1.29, 1.82) is 0 Å². The number of thiophene rings is 1. The summed E-state index contributed by atoms with van der Waals surface area (Å²) >= 11 is 4.80. The number of hydrogen-bond donors (Lipinski definition) is 1. The zero-order valence-electron chi connectivity index (χ0n) is 8.87. The van der Waals surface area contributed by atoms with Crippen molar-refractivity contribution < 1.29 is 9.53 Å². The molecule has 0 bridgehead atoms. The number of hydrogen-bond acceptors (Lipinski definition) is 3. The Kier molecular flexibility index (Phi) is 4.37. The van der Waals surface area contributed by atoms with E-state index in [9.17, 15) is 4.79 Å². The normalized spacial score (nSPS) is 20.7. The third-order valence-electron chi connectivity index (χ3n) is 2.60. The maximum atomic E-state index is 11.7. The zero-order valence-corrected chi connectivity index (χ0v) is 11.3. The van der Waals surface area contributed by atoms with Crippen LogP contribution in [0.2, 0.25) is 0 Å². The Morgan fingerprint density at radius 2 is 2.50 bits per heavy atom. The molecule has 1 saturated heterocycles. The van der Waals surface area contributed by atoms with Crippen molar-refractivity contribution in [1.82, 2.24) is 5.32 Å². The number of amides is 1. The van der Waals surface area contributed by atoms with E-state index in [0.29, 0.717) is 12.5 Å². The highest BCUT2D eigenvalue weighted by Crippen LogP contribution is 2.22. The summed E-state index contributed by atoms with van der Waals surface area (Å²) in [5.41, 5.74) is 0. The van der Waals surface area contributed by atoms with Crippen LogP contribution in [-0.4, -0.2) is 25.7 Å². The van der Waals surface area contributed by atoms with Gasteiger partial charge in [0.15, 0.2) is 0 Å². The van der Waals surface area contributed by atoms with Crippen LogP contribution in [0.5, 0.6) is 0 Å². The molecule has 0 aromatic carbocycles. The SMILES string of the molecule is O=C(NCC1CCCOC1)c1ccc(Br)s1. The minimum atomic E-state index is 0.0151. The fourth-order valence-electron chi connectivity index (χ4n) is 1.73. The molecule has 1 amide bonds. The summed E-state index contributed by atoms with van der Waals surface area (Å²) in [7, 11) is 0. The number of nitrogens with one attached hydrogen (secondary N) is 1. The topological polar surface area (TPSA) is 38.3 Å². The summed E-state index contributed by atoms with van der Waals surface area (Å²) in [6.07, 6.45) is 2.25. The molecular weight excluding hydrogens is 290 g/mol. The van der Waals surface area contributed by atoms with Gasteiger partial charge in [-0.1, -0.05) is 0 Å². The molecule has 0 saturated carbocycles. The van der Waals surface area contributed by atoms with Crippen LogP contribution in [0.15, 0.2) is 15.9 Å². The Hall–Kier alpha value is -0.390. The van der Waals surface area contributed by atoms with E-state index in [1.807, 2.05) is 12.1 Å². The third-order valence-corrected chi connectivity index (χ3v) is 4.23. The fourth-order valence-corrected chi connectivity index (χ4v) is 3.03. The van der Waals surface area contributed by atoms with Gasteiger partial charge in [0.1, 0.15) is 0 Å². The first-order chi connectivity index (χ1) is 7.75. The maximum Gasteiger partial charge on any atom is 0.261 e. The van der Waals surface area contributed by atoms with E-state index in [1.54, 1.807) is 0 Å². The van der Waals surface area contributed by atoms with Gasteiger partial charge >= 0.3 is 0 Å². The van der Waals surface area contributed by atoms with Gasteiger partial charge in [-0.05, 0) is 46.8 Å². The number of rotatable bonds is 3. The van der Waals surface area contributed by atoms with Gasteiger partial charge < -0.3 is 10.1 Å². The molecular formula is C11H14BrNO2S. The Morgan fingerprint density at radius 1 is 1.62 bits per heavy atom. The summed E-state index contributed by atoms with van der Waals surface area (Å²) in [6, 6.07) is 3.73. The molecule has 1 aromatic rings. The van der Waals surface area contributed by atoms with Crippen LogP contribution >= 0.6 is 27.3 Å². The second-order valence-electron chi connectivity index (χ2n) is 3.90. The third kappa shape index (κ3) is 3.30. The molecule has 2 rings (SSSR count). The van der Waals surface area contributed by atoms with E-state index < -0.39 is 0 Å². The molecule has 1 aliphatic rings. The summed E-state index contributed by atoms with van der Waals surface area (Å²) in [5.74, 6) is 0.488. The van der Waals surface area contributed by atoms with Crippen molar-refractivity contribution in [2.24, 2.45) is 5.92 Å². The quantitative estimate of drug-likeness (QED) is 0.932. The summed E-state index contributed by atoms with van der Waals surface area (Å²) in [5, 5.41) is 2.95. The van der Waals surface area contributed by atoms with E-state index in [2.05, 4.69) is 21.2 Å². The van der Waals surface area contributed by atoms with Gasteiger partial charge in [-0.3, -0.25) is 4.79 Å². The van der Waals surface area contributed by atoms with Crippen molar-refractivity contribution in [3.05, 3.63) is 20.8 Å². The second kappa shape index (κ2) is 5.80. The number of carbonyl (C=O) groups is 1. The summed E-state index contributed by atoms with van der Waals surface area (Å²) in [4.78, 5) is 12.5. The van der Waals surface area contributed by atoms with E-state index >= 15 is 0 Å². The summed E-state index contributed by atoms with van der Waals surface area (Å²) < 4.78 is 6.35. The van der Waals surface area contributed by atoms with Crippen molar-refractivity contribution in [3.8, 4) is 0 Å². The highest BCUT2D eigenvalue weighted by Gasteiger charge is 2.15.